The zero-order chi connectivity index (χ0) is 14.4. The molecule has 1 aromatic rings. The largest absolute Gasteiger partial charge is 0.396 e. The Morgan fingerprint density at radius 1 is 1.47 bits per heavy atom. The fourth-order valence-corrected chi connectivity index (χ4v) is 1.82. The van der Waals surface area contributed by atoms with Gasteiger partial charge in [-0.15, -0.1) is 0 Å². The van der Waals surface area contributed by atoms with Gasteiger partial charge in [0.25, 0.3) is 0 Å². The van der Waals surface area contributed by atoms with Gasteiger partial charge in [-0.1, -0.05) is 6.07 Å². The first-order valence-electron chi connectivity index (χ1n) is 6.23. The molecule has 0 saturated heterocycles. The van der Waals surface area contributed by atoms with Crippen molar-refractivity contribution in [3.63, 3.8) is 0 Å². The molecule has 1 rings (SSSR count). The van der Waals surface area contributed by atoms with E-state index < -0.39 is 16.4 Å². The number of hydrogen-bond acceptors (Lipinski definition) is 4. The van der Waals surface area contributed by atoms with Crippen molar-refractivity contribution in [2.45, 2.75) is 32.9 Å². The summed E-state index contributed by atoms with van der Waals surface area (Å²) in [6, 6.07) is 4.21. The van der Waals surface area contributed by atoms with Crippen molar-refractivity contribution in [1.82, 2.24) is 4.90 Å². The maximum atomic E-state index is 13.5. The highest BCUT2D eigenvalue weighted by Crippen LogP contribution is 2.19. The number of halogens is 1. The second-order valence-electron chi connectivity index (χ2n) is 4.68. The Morgan fingerprint density at radius 2 is 2.16 bits per heavy atom. The summed E-state index contributed by atoms with van der Waals surface area (Å²) in [5.41, 5.74) is 0.185. The Hall–Kier alpha value is -1.53. The van der Waals surface area contributed by atoms with E-state index in [0.717, 1.165) is 0 Å². The van der Waals surface area contributed by atoms with Crippen LogP contribution in [0, 0.1) is 15.9 Å². The SMILES string of the molecule is CC(C)N(CCCO)Cc1ccc([N+](=O)[O-])c(F)c1. The van der Waals surface area contributed by atoms with Crippen LogP contribution in [0.4, 0.5) is 10.1 Å². The zero-order valence-corrected chi connectivity index (χ0v) is 11.2. The van der Waals surface area contributed by atoms with Gasteiger partial charge in [-0.25, -0.2) is 0 Å². The molecule has 0 aromatic heterocycles. The lowest BCUT2D eigenvalue weighted by molar-refractivity contribution is -0.387. The Kier molecular flexibility index (Phi) is 5.85. The number of aliphatic hydroxyl groups is 1. The van der Waals surface area contributed by atoms with Crippen LogP contribution in [-0.4, -0.2) is 34.1 Å². The molecule has 0 aliphatic heterocycles. The fraction of sp³-hybridized carbons (Fsp3) is 0.538. The van der Waals surface area contributed by atoms with Gasteiger partial charge in [0.15, 0.2) is 0 Å². The third kappa shape index (κ3) is 4.57. The normalized spacial score (nSPS) is 11.3. The minimum atomic E-state index is -0.812. The highest BCUT2D eigenvalue weighted by Gasteiger charge is 2.16. The highest BCUT2D eigenvalue weighted by molar-refractivity contribution is 5.34. The number of aliphatic hydroxyl groups excluding tert-OH is 1. The van der Waals surface area contributed by atoms with E-state index in [9.17, 15) is 14.5 Å². The minimum Gasteiger partial charge on any atom is -0.396 e. The zero-order valence-electron chi connectivity index (χ0n) is 11.2. The van der Waals surface area contributed by atoms with E-state index >= 15 is 0 Å². The first-order chi connectivity index (χ1) is 8.95. The second-order valence-corrected chi connectivity index (χ2v) is 4.68. The summed E-state index contributed by atoms with van der Waals surface area (Å²) in [5, 5.41) is 19.4. The molecule has 6 heteroatoms. The Bertz CT molecular complexity index is 438. The monoisotopic (exact) mass is 270 g/mol. The molecular weight excluding hydrogens is 251 g/mol. The number of rotatable bonds is 7. The van der Waals surface area contributed by atoms with Gasteiger partial charge in [0.1, 0.15) is 0 Å². The summed E-state index contributed by atoms with van der Waals surface area (Å²) < 4.78 is 13.5. The van der Waals surface area contributed by atoms with Gasteiger partial charge >= 0.3 is 5.69 Å². The summed E-state index contributed by atoms with van der Waals surface area (Å²) in [7, 11) is 0. The van der Waals surface area contributed by atoms with Gasteiger partial charge in [-0.3, -0.25) is 15.0 Å². The van der Waals surface area contributed by atoms with Crippen molar-refractivity contribution in [2.24, 2.45) is 0 Å². The lowest BCUT2D eigenvalue weighted by Gasteiger charge is -2.26. The van der Waals surface area contributed by atoms with E-state index in [1.165, 1.54) is 12.1 Å². The summed E-state index contributed by atoms with van der Waals surface area (Å²) in [6.45, 7) is 5.34. The van der Waals surface area contributed by atoms with Crippen LogP contribution in [0.15, 0.2) is 18.2 Å². The molecule has 0 radical (unpaired) electrons. The molecule has 0 bridgehead atoms. The predicted molar refractivity (Wildman–Crippen MR) is 70.3 cm³/mol. The number of nitrogens with zero attached hydrogens (tertiary/aromatic N) is 2. The smallest absolute Gasteiger partial charge is 0.304 e. The molecule has 1 aromatic carbocycles. The van der Waals surface area contributed by atoms with E-state index in [4.69, 9.17) is 5.11 Å². The molecule has 0 unspecified atom stereocenters. The van der Waals surface area contributed by atoms with Gasteiger partial charge in [-0.05, 0) is 31.9 Å². The van der Waals surface area contributed by atoms with Crippen molar-refractivity contribution in [2.75, 3.05) is 13.2 Å². The van der Waals surface area contributed by atoms with Crippen LogP contribution in [-0.2, 0) is 6.54 Å². The molecule has 0 spiro atoms. The molecule has 0 aliphatic rings. The standard InChI is InChI=1S/C13H19FN2O3/c1-10(2)15(6-3-7-17)9-11-4-5-13(16(18)19)12(14)8-11/h4-5,8,10,17H,3,6-7,9H2,1-2H3. The molecule has 5 nitrogen and oxygen atoms in total. The summed E-state index contributed by atoms with van der Waals surface area (Å²) in [6.07, 6.45) is 0.646. The third-order valence-electron chi connectivity index (χ3n) is 2.93. The molecule has 0 saturated carbocycles. The van der Waals surface area contributed by atoms with Crippen LogP contribution in [0.25, 0.3) is 0 Å². The van der Waals surface area contributed by atoms with Crippen LogP contribution < -0.4 is 0 Å². The van der Waals surface area contributed by atoms with Gasteiger partial charge in [-0.2, -0.15) is 4.39 Å². The van der Waals surface area contributed by atoms with E-state index in [0.29, 0.717) is 25.1 Å². The highest BCUT2D eigenvalue weighted by atomic mass is 19.1. The van der Waals surface area contributed by atoms with E-state index in [2.05, 4.69) is 4.90 Å². The predicted octanol–water partition coefficient (Wildman–Crippen LogP) is 2.33. The van der Waals surface area contributed by atoms with Gasteiger partial charge in [0.05, 0.1) is 4.92 Å². The van der Waals surface area contributed by atoms with Crippen LogP contribution in [0.5, 0.6) is 0 Å². The van der Waals surface area contributed by atoms with Gasteiger partial charge in [0, 0.05) is 31.8 Å². The third-order valence-corrected chi connectivity index (χ3v) is 2.93. The average Bonchev–Trinajstić information content (AvgIpc) is 2.33. The van der Waals surface area contributed by atoms with E-state index in [-0.39, 0.29) is 12.6 Å². The molecule has 1 N–H and O–H groups in total. The molecule has 106 valence electrons. The van der Waals surface area contributed by atoms with Crippen molar-refractivity contribution in [1.29, 1.82) is 0 Å². The molecule has 0 aliphatic carbocycles. The number of nitro groups is 1. The van der Waals surface area contributed by atoms with E-state index in [1.54, 1.807) is 6.07 Å². The average molecular weight is 270 g/mol. The maximum absolute atomic E-state index is 13.5. The lowest BCUT2D eigenvalue weighted by atomic mass is 10.1. The molecule has 19 heavy (non-hydrogen) atoms. The van der Waals surface area contributed by atoms with Crippen molar-refractivity contribution in [3.8, 4) is 0 Å². The summed E-state index contributed by atoms with van der Waals surface area (Å²) in [5.74, 6) is -0.812. The summed E-state index contributed by atoms with van der Waals surface area (Å²) in [4.78, 5) is 11.9. The topological polar surface area (TPSA) is 66.6 Å². The Balaban J connectivity index is 2.79. The number of nitro benzene ring substituents is 1. The Morgan fingerprint density at radius 3 is 2.63 bits per heavy atom. The summed E-state index contributed by atoms with van der Waals surface area (Å²) >= 11 is 0. The quantitative estimate of drug-likeness (QED) is 0.610. The van der Waals surface area contributed by atoms with E-state index in [1.807, 2.05) is 13.8 Å². The van der Waals surface area contributed by atoms with Gasteiger partial charge in [0.2, 0.25) is 5.82 Å². The fourth-order valence-electron chi connectivity index (χ4n) is 1.82. The van der Waals surface area contributed by atoms with Crippen LogP contribution in [0.2, 0.25) is 0 Å². The number of benzene rings is 1. The van der Waals surface area contributed by atoms with Crippen molar-refractivity contribution in [3.05, 3.63) is 39.7 Å². The van der Waals surface area contributed by atoms with Crippen molar-refractivity contribution < 1.29 is 14.4 Å². The second kappa shape index (κ2) is 7.16. The molecule has 0 atom stereocenters. The maximum Gasteiger partial charge on any atom is 0.304 e. The van der Waals surface area contributed by atoms with Crippen molar-refractivity contribution >= 4 is 5.69 Å². The molecule has 0 heterocycles. The molecule has 0 fully saturated rings. The minimum absolute atomic E-state index is 0.109. The molecular formula is C13H19FN2O3. The first kappa shape index (κ1) is 15.5. The lowest BCUT2D eigenvalue weighted by Crippen LogP contribution is -2.31. The molecule has 0 amide bonds. The van der Waals surface area contributed by atoms with Crippen LogP contribution in [0.3, 0.4) is 0 Å². The Labute approximate surface area is 111 Å². The first-order valence-corrected chi connectivity index (χ1v) is 6.23. The number of hydrogen-bond donors (Lipinski definition) is 1. The van der Waals surface area contributed by atoms with Crippen LogP contribution >= 0.6 is 0 Å². The van der Waals surface area contributed by atoms with Gasteiger partial charge < -0.3 is 5.11 Å². The van der Waals surface area contributed by atoms with Crippen LogP contribution in [0.1, 0.15) is 25.8 Å².